The van der Waals surface area contributed by atoms with E-state index in [1.165, 1.54) is 0 Å². The predicted molar refractivity (Wildman–Crippen MR) is 103 cm³/mol. The number of hydrogen-bond acceptors (Lipinski definition) is 6. The van der Waals surface area contributed by atoms with Crippen LogP contribution in [0.25, 0.3) is 0 Å². The summed E-state index contributed by atoms with van der Waals surface area (Å²) in [6.07, 6.45) is -0.382. The molecule has 0 bridgehead atoms. The zero-order valence-electron chi connectivity index (χ0n) is 15.1. The summed E-state index contributed by atoms with van der Waals surface area (Å²) in [5.74, 6) is 2.58. The smallest absolute Gasteiger partial charge is 0.153 e. The maximum Gasteiger partial charge on any atom is 0.153 e. The number of benzene rings is 2. The Morgan fingerprint density at radius 3 is 2.41 bits per heavy atom. The topological polar surface area (TPSA) is 57.5 Å². The van der Waals surface area contributed by atoms with Crippen LogP contribution < -0.4 is 4.74 Å². The van der Waals surface area contributed by atoms with Crippen LogP contribution in [-0.2, 0) is 4.74 Å². The van der Waals surface area contributed by atoms with Crippen molar-refractivity contribution in [3.05, 3.63) is 54.1 Å². The van der Waals surface area contributed by atoms with Crippen LogP contribution in [0.5, 0.6) is 11.5 Å². The van der Waals surface area contributed by atoms with Crippen LogP contribution >= 0.6 is 0 Å². The van der Waals surface area contributed by atoms with E-state index in [4.69, 9.17) is 14.5 Å². The molecule has 3 heterocycles. The molecule has 6 nitrogen and oxygen atoms in total. The molecule has 0 spiro atoms. The number of aliphatic imine (C=N–C) groups is 1. The van der Waals surface area contributed by atoms with Gasteiger partial charge in [0.1, 0.15) is 17.3 Å². The molecule has 3 aliphatic heterocycles. The summed E-state index contributed by atoms with van der Waals surface area (Å²) >= 11 is 0. The summed E-state index contributed by atoms with van der Waals surface area (Å²) in [7, 11) is 0. The third kappa shape index (κ3) is 3.10. The molecule has 27 heavy (non-hydrogen) atoms. The summed E-state index contributed by atoms with van der Waals surface area (Å²) in [4.78, 5) is 9.62. The van der Waals surface area contributed by atoms with Gasteiger partial charge >= 0.3 is 0 Å². The fraction of sp³-hybridized carbons (Fsp3) is 0.381. The lowest BCUT2D eigenvalue weighted by Crippen LogP contribution is -2.54. The zero-order chi connectivity index (χ0) is 18.2. The van der Waals surface area contributed by atoms with E-state index in [2.05, 4.69) is 15.9 Å². The van der Waals surface area contributed by atoms with Gasteiger partial charge in [0.05, 0.1) is 30.9 Å². The van der Waals surface area contributed by atoms with Crippen LogP contribution in [0.1, 0.15) is 5.56 Å². The number of amidine groups is 1. The Labute approximate surface area is 158 Å². The Morgan fingerprint density at radius 1 is 0.889 bits per heavy atom. The summed E-state index contributed by atoms with van der Waals surface area (Å²) in [5, 5.41) is 10.1. The molecule has 6 heteroatoms. The molecule has 0 aromatic heterocycles. The summed E-state index contributed by atoms with van der Waals surface area (Å²) in [6.45, 7) is 4.55. The molecule has 2 aromatic carbocycles. The molecule has 2 fully saturated rings. The molecule has 140 valence electrons. The van der Waals surface area contributed by atoms with Gasteiger partial charge in [0.25, 0.3) is 0 Å². The SMILES string of the molecule is O[C@@H]1COC[C@H]1N1CCN(C2=Nc3ccccc3Oc3ccccc32)CC1. The van der Waals surface area contributed by atoms with Crippen LogP contribution in [-0.4, -0.2) is 72.3 Å². The van der Waals surface area contributed by atoms with Gasteiger partial charge in [-0.3, -0.25) is 4.90 Å². The number of fused-ring (bicyclic) bond motifs is 2. The van der Waals surface area contributed by atoms with Gasteiger partial charge in [0.2, 0.25) is 0 Å². The zero-order valence-corrected chi connectivity index (χ0v) is 15.1. The van der Waals surface area contributed by atoms with Crippen molar-refractivity contribution in [1.82, 2.24) is 9.80 Å². The van der Waals surface area contributed by atoms with Crippen LogP contribution in [0.4, 0.5) is 5.69 Å². The Kier molecular flexibility index (Phi) is 4.32. The van der Waals surface area contributed by atoms with E-state index in [0.717, 1.165) is 54.8 Å². The average Bonchev–Trinajstić information content (AvgIpc) is 3.06. The molecule has 0 amide bonds. The summed E-state index contributed by atoms with van der Waals surface area (Å²) in [5.41, 5.74) is 1.87. The fourth-order valence-corrected chi connectivity index (χ4v) is 4.06. The van der Waals surface area contributed by atoms with Gasteiger partial charge in [0.15, 0.2) is 5.75 Å². The van der Waals surface area contributed by atoms with Crippen molar-refractivity contribution < 1.29 is 14.6 Å². The minimum atomic E-state index is -0.382. The minimum absolute atomic E-state index is 0.111. The summed E-state index contributed by atoms with van der Waals surface area (Å²) < 4.78 is 11.6. The van der Waals surface area contributed by atoms with Crippen LogP contribution in [0.3, 0.4) is 0 Å². The second-order valence-electron chi connectivity index (χ2n) is 7.20. The van der Waals surface area contributed by atoms with E-state index >= 15 is 0 Å². The Morgan fingerprint density at radius 2 is 1.63 bits per heavy atom. The molecule has 0 radical (unpaired) electrons. The van der Waals surface area contributed by atoms with Crippen molar-refractivity contribution in [2.75, 3.05) is 39.4 Å². The number of rotatable bonds is 1. The second-order valence-corrected chi connectivity index (χ2v) is 7.20. The van der Waals surface area contributed by atoms with Crippen LogP contribution in [0.15, 0.2) is 53.5 Å². The molecule has 0 aliphatic carbocycles. The highest BCUT2D eigenvalue weighted by Gasteiger charge is 2.34. The maximum atomic E-state index is 10.1. The predicted octanol–water partition coefficient (Wildman–Crippen LogP) is 2.25. The molecule has 0 unspecified atom stereocenters. The highest BCUT2D eigenvalue weighted by atomic mass is 16.5. The molecule has 3 aliphatic rings. The number of aliphatic hydroxyl groups is 1. The second kappa shape index (κ2) is 6.96. The van der Waals surface area contributed by atoms with E-state index in [1.807, 2.05) is 42.5 Å². The van der Waals surface area contributed by atoms with Gasteiger partial charge in [-0.2, -0.15) is 0 Å². The van der Waals surface area contributed by atoms with Gasteiger partial charge < -0.3 is 19.5 Å². The molecule has 1 N–H and O–H groups in total. The van der Waals surface area contributed by atoms with Gasteiger partial charge in [-0.1, -0.05) is 24.3 Å². The standard InChI is InChI=1S/C21H23N3O3/c25-18-14-26-13-17(18)23-9-11-24(12-10-23)21-15-5-1-3-7-19(15)27-20-8-4-2-6-16(20)22-21/h1-8,17-18,25H,9-14H2/t17-,18-/m1/s1. The lowest BCUT2D eigenvalue weighted by Gasteiger charge is -2.39. The number of nitrogens with zero attached hydrogens (tertiary/aromatic N) is 3. The van der Waals surface area contributed by atoms with Crippen molar-refractivity contribution in [3.8, 4) is 11.5 Å². The fourth-order valence-electron chi connectivity index (χ4n) is 4.06. The van der Waals surface area contributed by atoms with Crippen molar-refractivity contribution in [2.24, 2.45) is 4.99 Å². The van der Waals surface area contributed by atoms with E-state index in [9.17, 15) is 5.11 Å². The monoisotopic (exact) mass is 365 g/mol. The first kappa shape index (κ1) is 16.7. The number of piperazine rings is 1. The number of aliphatic hydroxyl groups excluding tert-OH is 1. The van der Waals surface area contributed by atoms with Gasteiger partial charge in [-0.05, 0) is 24.3 Å². The van der Waals surface area contributed by atoms with E-state index in [-0.39, 0.29) is 12.1 Å². The highest BCUT2D eigenvalue weighted by molar-refractivity contribution is 6.03. The third-order valence-electron chi connectivity index (χ3n) is 5.54. The van der Waals surface area contributed by atoms with E-state index < -0.39 is 0 Å². The maximum absolute atomic E-state index is 10.1. The molecule has 0 saturated carbocycles. The first-order valence-corrected chi connectivity index (χ1v) is 9.49. The number of hydrogen-bond donors (Lipinski definition) is 1. The molecule has 2 atom stereocenters. The Bertz CT molecular complexity index is 861. The lowest BCUT2D eigenvalue weighted by molar-refractivity contribution is 0.0597. The van der Waals surface area contributed by atoms with Crippen molar-refractivity contribution in [2.45, 2.75) is 12.1 Å². The van der Waals surface area contributed by atoms with Crippen molar-refractivity contribution in [1.29, 1.82) is 0 Å². The van der Waals surface area contributed by atoms with Crippen LogP contribution in [0.2, 0.25) is 0 Å². The largest absolute Gasteiger partial charge is 0.454 e. The Balaban J connectivity index is 1.43. The Hall–Kier alpha value is -2.41. The molecular weight excluding hydrogens is 342 g/mol. The quantitative estimate of drug-likeness (QED) is 0.840. The first-order valence-electron chi connectivity index (χ1n) is 9.49. The summed E-state index contributed by atoms with van der Waals surface area (Å²) in [6, 6.07) is 16.1. The highest BCUT2D eigenvalue weighted by Crippen LogP contribution is 2.37. The number of para-hydroxylation sites is 3. The average molecular weight is 365 g/mol. The number of ether oxygens (including phenoxy) is 2. The third-order valence-corrected chi connectivity index (χ3v) is 5.54. The lowest BCUT2D eigenvalue weighted by atomic mass is 10.1. The molecule has 2 saturated heterocycles. The van der Waals surface area contributed by atoms with Crippen molar-refractivity contribution in [3.63, 3.8) is 0 Å². The minimum Gasteiger partial charge on any atom is -0.454 e. The normalized spacial score (nSPS) is 25.2. The van der Waals surface area contributed by atoms with Gasteiger partial charge in [0, 0.05) is 26.2 Å². The van der Waals surface area contributed by atoms with Gasteiger partial charge in [-0.25, -0.2) is 4.99 Å². The van der Waals surface area contributed by atoms with Crippen LogP contribution in [0, 0.1) is 0 Å². The van der Waals surface area contributed by atoms with E-state index in [1.54, 1.807) is 0 Å². The first-order chi connectivity index (χ1) is 13.3. The van der Waals surface area contributed by atoms with Gasteiger partial charge in [-0.15, -0.1) is 0 Å². The molecule has 5 rings (SSSR count). The molecule has 2 aromatic rings. The molecular formula is C21H23N3O3. The van der Waals surface area contributed by atoms with E-state index in [0.29, 0.717) is 13.2 Å². The van der Waals surface area contributed by atoms with Crippen molar-refractivity contribution >= 4 is 11.5 Å².